The molecule has 1 aromatic rings. The van der Waals surface area contributed by atoms with Gasteiger partial charge in [-0.3, -0.25) is 4.79 Å². The molecule has 1 aliphatic rings. The third-order valence-corrected chi connectivity index (χ3v) is 3.65. The van der Waals surface area contributed by atoms with Gasteiger partial charge in [-0.05, 0) is 31.4 Å². The molecule has 1 aliphatic heterocycles. The predicted molar refractivity (Wildman–Crippen MR) is 81.8 cm³/mol. The lowest BCUT2D eigenvalue weighted by atomic mass is 10.1. The van der Waals surface area contributed by atoms with E-state index in [2.05, 4.69) is 22.1 Å². The summed E-state index contributed by atoms with van der Waals surface area (Å²) < 4.78 is 0. The maximum atomic E-state index is 11.9. The zero-order chi connectivity index (χ0) is 14.4. The lowest BCUT2D eigenvalue weighted by molar-refractivity contribution is -0.117. The fraction of sp³-hybridized carbons (Fsp3) is 0.600. The Kier molecular flexibility index (Phi) is 5.35. The molecular weight excluding hydrogens is 252 g/mol. The second-order valence-electron chi connectivity index (χ2n) is 5.34. The molecule has 0 spiro atoms. The highest BCUT2D eigenvalue weighted by atomic mass is 16.2. The Morgan fingerprint density at radius 3 is 2.80 bits per heavy atom. The molecule has 5 heteroatoms. The number of nitrogens with zero attached hydrogens (tertiary/aromatic N) is 2. The van der Waals surface area contributed by atoms with Crippen molar-refractivity contribution in [2.75, 3.05) is 23.3 Å². The van der Waals surface area contributed by atoms with Crippen LogP contribution in [-0.2, 0) is 4.79 Å². The van der Waals surface area contributed by atoms with E-state index in [9.17, 15) is 4.79 Å². The summed E-state index contributed by atoms with van der Waals surface area (Å²) in [7, 11) is 0. The van der Waals surface area contributed by atoms with Gasteiger partial charge < -0.3 is 16.0 Å². The van der Waals surface area contributed by atoms with Crippen LogP contribution in [0.5, 0.6) is 0 Å². The van der Waals surface area contributed by atoms with Crippen LogP contribution in [0, 0.1) is 0 Å². The predicted octanol–water partition coefficient (Wildman–Crippen LogP) is 2.14. The van der Waals surface area contributed by atoms with Gasteiger partial charge in [0.2, 0.25) is 5.91 Å². The number of carbonyl (C=O) groups excluding carboxylic acids is 1. The third kappa shape index (κ3) is 3.93. The standard InChI is InChI=1S/C15H24N4O/c1-2-3-6-13(16)15(20)18-12-7-8-14(17-11-12)19-9-4-5-10-19/h7-8,11,13H,2-6,9-10,16H2,1H3,(H,18,20). The second kappa shape index (κ2) is 7.24. The zero-order valence-electron chi connectivity index (χ0n) is 12.1. The molecule has 0 bridgehead atoms. The number of hydrogen-bond acceptors (Lipinski definition) is 4. The number of hydrogen-bond donors (Lipinski definition) is 2. The average molecular weight is 276 g/mol. The summed E-state index contributed by atoms with van der Waals surface area (Å²) in [5.74, 6) is 0.852. The van der Waals surface area contributed by atoms with Crippen LogP contribution in [0.25, 0.3) is 0 Å². The van der Waals surface area contributed by atoms with E-state index >= 15 is 0 Å². The molecule has 0 saturated carbocycles. The molecule has 1 saturated heterocycles. The van der Waals surface area contributed by atoms with Crippen LogP contribution in [-0.4, -0.2) is 30.0 Å². The summed E-state index contributed by atoms with van der Waals surface area (Å²) in [5.41, 5.74) is 6.55. The molecule has 3 N–H and O–H groups in total. The summed E-state index contributed by atoms with van der Waals surface area (Å²) in [6, 6.07) is 3.41. The largest absolute Gasteiger partial charge is 0.357 e. The number of unbranched alkanes of at least 4 members (excludes halogenated alkanes) is 1. The highest BCUT2D eigenvalue weighted by Gasteiger charge is 2.15. The summed E-state index contributed by atoms with van der Waals surface area (Å²) >= 11 is 0. The first-order chi connectivity index (χ1) is 9.70. The highest BCUT2D eigenvalue weighted by molar-refractivity contribution is 5.94. The Morgan fingerprint density at radius 1 is 1.45 bits per heavy atom. The molecule has 1 aromatic heterocycles. The van der Waals surface area contributed by atoms with Gasteiger partial charge in [0.05, 0.1) is 17.9 Å². The average Bonchev–Trinajstić information content (AvgIpc) is 2.99. The molecule has 0 aromatic carbocycles. The number of rotatable bonds is 6. The van der Waals surface area contributed by atoms with Crippen molar-refractivity contribution in [3.63, 3.8) is 0 Å². The van der Waals surface area contributed by atoms with E-state index in [1.807, 2.05) is 12.1 Å². The summed E-state index contributed by atoms with van der Waals surface area (Å²) in [6.07, 6.45) is 6.91. The molecular formula is C15H24N4O. The molecule has 2 rings (SSSR count). The normalized spacial score (nSPS) is 16.2. The van der Waals surface area contributed by atoms with Crippen LogP contribution in [0.15, 0.2) is 18.3 Å². The topological polar surface area (TPSA) is 71.2 Å². The van der Waals surface area contributed by atoms with Gasteiger partial charge in [-0.25, -0.2) is 4.98 Å². The van der Waals surface area contributed by atoms with E-state index in [1.165, 1.54) is 12.8 Å². The van der Waals surface area contributed by atoms with Crippen LogP contribution in [0.2, 0.25) is 0 Å². The van der Waals surface area contributed by atoms with Gasteiger partial charge in [0.15, 0.2) is 0 Å². The lowest BCUT2D eigenvalue weighted by Gasteiger charge is -2.17. The fourth-order valence-electron chi connectivity index (χ4n) is 2.38. The zero-order valence-corrected chi connectivity index (χ0v) is 12.1. The van der Waals surface area contributed by atoms with E-state index in [4.69, 9.17) is 5.73 Å². The minimum Gasteiger partial charge on any atom is -0.357 e. The smallest absolute Gasteiger partial charge is 0.241 e. The van der Waals surface area contributed by atoms with E-state index < -0.39 is 6.04 Å². The van der Waals surface area contributed by atoms with E-state index in [0.717, 1.165) is 38.2 Å². The first-order valence-corrected chi connectivity index (χ1v) is 7.48. The van der Waals surface area contributed by atoms with Crippen molar-refractivity contribution in [3.8, 4) is 0 Å². The molecule has 1 unspecified atom stereocenters. The first-order valence-electron chi connectivity index (χ1n) is 7.48. The van der Waals surface area contributed by atoms with Gasteiger partial charge in [0.1, 0.15) is 5.82 Å². The van der Waals surface area contributed by atoms with E-state index in [0.29, 0.717) is 5.69 Å². The first kappa shape index (κ1) is 14.8. The number of nitrogens with one attached hydrogen (secondary N) is 1. The van der Waals surface area contributed by atoms with Crippen LogP contribution < -0.4 is 16.0 Å². The molecule has 5 nitrogen and oxygen atoms in total. The summed E-state index contributed by atoms with van der Waals surface area (Å²) in [4.78, 5) is 18.6. The Labute approximate surface area is 120 Å². The van der Waals surface area contributed by atoms with Crippen LogP contribution in [0.3, 0.4) is 0 Å². The Balaban J connectivity index is 1.88. The van der Waals surface area contributed by atoms with Crippen molar-refractivity contribution in [2.24, 2.45) is 5.73 Å². The van der Waals surface area contributed by atoms with Gasteiger partial charge >= 0.3 is 0 Å². The summed E-state index contributed by atoms with van der Waals surface area (Å²) in [6.45, 7) is 4.23. The number of aromatic nitrogens is 1. The quantitative estimate of drug-likeness (QED) is 0.835. The van der Waals surface area contributed by atoms with Gasteiger partial charge in [0, 0.05) is 13.1 Å². The number of nitrogens with two attached hydrogens (primary N) is 1. The monoisotopic (exact) mass is 276 g/mol. The van der Waals surface area contributed by atoms with Crippen molar-refractivity contribution >= 4 is 17.4 Å². The van der Waals surface area contributed by atoms with Crippen molar-refractivity contribution < 1.29 is 4.79 Å². The molecule has 1 amide bonds. The van der Waals surface area contributed by atoms with Crippen LogP contribution in [0.1, 0.15) is 39.0 Å². The molecule has 1 fully saturated rings. The maximum absolute atomic E-state index is 11.9. The Morgan fingerprint density at radius 2 is 2.20 bits per heavy atom. The number of anilines is 2. The van der Waals surface area contributed by atoms with Gasteiger partial charge in [-0.1, -0.05) is 19.8 Å². The Bertz CT molecular complexity index is 426. The molecule has 0 aliphatic carbocycles. The summed E-state index contributed by atoms with van der Waals surface area (Å²) in [5, 5.41) is 2.82. The van der Waals surface area contributed by atoms with Gasteiger partial charge in [-0.15, -0.1) is 0 Å². The Hall–Kier alpha value is -1.62. The third-order valence-electron chi connectivity index (χ3n) is 3.65. The number of amides is 1. The minimum absolute atomic E-state index is 0.130. The number of pyridine rings is 1. The molecule has 0 radical (unpaired) electrons. The van der Waals surface area contributed by atoms with Crippen molar-refractivity contribution in [1.29, 1.82) is 0 Å². The second-order valence-corrected chi connectivity index (χ2v) is 5.34. The van der Waals surface area contributed by atoms with Crippen molar-refractivity contribution in [3.05, 3.63) is 18.3 Å². The number of carbonyl (C=O) groups is 1. The minimum atomic E-state index is -0.437. The van der Waals surface area contributed by atoms with E-state index in [-0.39, 0.29) is 5.91 Å². The highest BCUT2D eigenvalue weighted by Crippen LogP contribution is 2.19. The molecule has 20 heavy (non-hydrogen) atoms. The lowest BCUT2D eigenvalue weighted by Crippen LogP contribution is -2.35. The molecule has 110 valence electrons. The SMILES string of the molecule is CCCCC(N)C(=O)Nc1ccc(N2CCCC2)nc1. The van der Waals surface area contributed by atoms with Crippen molar-refractivity contribution in [2.45, 2.75) is 45.1 Å². The van der Waals surface area contributed by atoms with Gasteiger partial charge in [0.25, 0.3) is 0 Å². The fourth-order valence-corrected chi connectivity index (χ4v) is 2.38. The van der Waals surface area contributed by atoms with E-state index in [1.54, 1.807) is 6.20 Å². The molecule has 1 atom stereocenters. The molecule has 2 heterocycles. The van der Waals surface area contributed by atoms with Crippen LogP contribution >= 0.6 is 0 Å². The van der Waals surface area contributed by atoms with Crippen LogP contribution in [0.4, 0.5) is 11.5 Å². The maximum Gasteiger partial charge on any atom is 0.241 e. The van der Waals surface area contributed by atoms with Gasteiger partial charge in [-0.2, -0.15) is 0 Å². The van der Waals surface area contributed by atoms with Crippen molar-refractivity contribution in [1.82, 2.24) is 4.98 Å².